The van der Waals surface area contributed by atoms with Crippen molar-refractivity contribution in [3.63, 3.8) is 0 Å². The molecule has 1 fully saturated rings. The minimum Gasteiger partial charge on any atom is -0.353 e. The molecule has 25 heavy (non-hydrogen) atoms. The van der Waals surface area contributed by atoms with E-state index >= 15 is 0 Å². The van der Waals surface area contributed by atoms with Gasteiger partial charge in [0.25, 0.3) is 5.91 Å². The van der Waals surface area contributed by atoms with E-state index in [9.17, 15) is 4.79 Å². The van der Waals surface area contributed by atoms with Crippen molar-refractivity contribution in [1.29, 1.82) is 0 Å². The predicted molar refractivity (Wildman–Crippen MR) is 97.8 cm³/mol. The molecule has 1 amide bonds. The van der Waals surface area contributed by atoms with Crippen molar-refractivity contribution in [2.45, 2.75) is 13.3 Å². The van der Waals surface area contributed by atoms with Crippen LogP contribution >= 0.6 is 0 Å². The SMILES string of the molecule is Cc1ccc2[nH]c(C(=O)N3CCCN(c4cccnn4)CC3)cc2c1. The Kier molecular flexibility index (Phi) is 4.09. The minimum absolute atomic E-state index is 0.0647. The summed E-state index contributed by atoms with van der Waals surface area (Å²) >= 11 is 0. The number of anilines is 1. The van der Waals surface area contributed by atoms with Gasteiger partial charge in [0, 0.05) is 43.3 Å². The number of rotatable bonds is 2. The van der Waals surface area contributed by atoms with Gasteiger partial charge < -0.3 is 14.8 Å². The van der Waals surface area contributed by atoms with Gasteiger partial charge in [-0.25, -0.2) is 0 Å². The fraction of sp³-hybridized carbons (Fsp3) is 0.316. The highest BCUT2D eigenvalue weighted by Crippen LogP contribution is 2.19. The first kappa shape index (κ1) is 15.6. The molecule has 3 aromatic rings. The monoisotopic (exact) mass is 335 g/mol. The standard InChI is InChI=1S/C19H21N5O/c1-14-5-6-16-15(12-14)13-17(21-16)19(25)24-9-3-8-23(10-11-24)18-4-2-7-20-22-18/h2,4-7,12-13,21H,3,8-11H2,1H3. The zero-order valence-electron chi connectivity index (χ0n) is 14.3. The molecular weight excluding hydrogens is 314 g/mol. The quantitative estimate of drug-likeness (QED) is 0.782. The summed E-state index contributed by atoms with van der Waals surface area (Å²) in [6.45, 7) is 5.15. The Bertz CT molecular complexity index is 889. The fourth-order valence-electron chi connectivity index (χ4n) is 3.35. The largest absolute Gasteiger partial charge is 0.353 e. The van der Waals surface area contributed by atoms with Crippen LogP contribution in [0.4, 0.5) is 5.82 Å². The molecule has 0 radical (unpaired) electrons. The highest BCUT2D eigenvalue weighted by molar-refractivity contribution is 5.98. The molecule has 0 saturated carbocycles. The van der Waals surface area contributed by atoms with Crippen LogP contribution in [0.2, 0.25) is 0 Å². The van der Waals surface area contributed by atoms with Crippen LogP contribution in [-0.2, 0) is 0 Å². The average molecular weight is 335 g/mol. The number of fused-ring (bicyclic) bond motifs is 1. The van der Waals surface area contributed by atoms with E-state index in [-0.39, 0.29) is 5.91 Å². The van der Waals surface area contributed by atoms with Crippen molar-refractivity contribution in [2.75, 3.05) is 31.1 Å². The number of carbonyl (C=O) groups excluding carboxylic acids is 1. The van der Waals surface area contributed by atoms with Crippen LogP contribution in [0.1, 0.15) is 22.5 Å². The van der Waals surface area contributed by atoms with Gasteiger partial charge in [0.1, 0.15) is 5.69 Å². The fourth-order valence-corrected chi connectivity index (χ4v) is 3.35. The molecule has 1 saturated heterocycles. The van der Waals surface area contributed by atoms with Crippen molar-refractivity contribution >= 4 is 22.6 Å². The number of hydrogen-bond acceptors (Lipinski definition) is 4. The van der Waals surface area contributed by atoms with Gasteiger partial charge in [-0.05, 0) is 43.7 Å². The van der Waals surface area contributed by atoms with Crippen LogP contribution in [0.3, 0.4) is 0 Å². The van der Waals surface area contributed by atoms with Crippen LogP contribution in [0.25, 0.3) is 10.9 Å². The Morgan fingerprint density at radius 2 is 2.04 bits per heavy atom. The van der Waals surface area contributed by atoms with Gasteiger partial charge in [0.05, 0.1) is 0 Å². The summed E-state index contributed by atoms with van der Waals surface area (Å²) in [5, 5.41) is 9.20. The van der Waals surface area contributed by atoms with Crippen molar-refractivity contribution in [3.8, 4) is 0 Å². The van der Waals surface area contributed by atoms with Crippen LogP contribution in [-0.4, -0.2) is 52.2 Å². The number of H-pyrrole nitrogens is 1. The third-order valence-electron chi connectivity index (χ3n) is 4.67. The molecule has 1 aliphatic rings. The summed E-state index contributed by atoms with van der Waals surface area (Å²) in [6.07, 6.45) is 2.59. The lowest BCUT2D eigenvalue weighted by molar-refractivity contribution is 0.0762. The molecule has 3 heterocycles. The van der Waals surface area contributed by atoms with Crippen molar-refractivity contribution in [2.24, 2.45) is 0 Å². The van der Waals surface area contributed by atoms with E-state index in [4.69, 9.17) is 0 Å². The number of carbonyl (C=O) groups is 1. The lowest BCUT2D eigenvalue weighted by Gasteiger charge is -2.22. The summed E-state index contributed by atoms with van der Waals surface area (Å²) in [5.74, 6) is 0.938. The topological polar surface area (TPSA) is 65.1 Å². The Labute approximate surface area is 146 Å². The zero-order valence-corrected chi connectivity index (χ0v) is 14.3. The molecule has 1 aromatic carbocycles. The second kappa shape index (κ2) is 6.55. The van der Waals surface area contributed by atoms with Crippen LogP contribution in [0.15, 0.2) is 42.6 Å². The molecule has 128 valence electrons. The lowest BCUT2D eigenvalue weighted by Crippen LogP contribution is -2.35. The van der Waals surface area contributed by atoms with Crippen molar-refractivity contribution in [3.05, 3.63) is 53.9 Å². The third kappa shape index (κ3) is 3.20. The number of hydrogen-bond donors (Lipinski definition) is 1. The van der Waals surface area contributed by atoms with E-state index in [2.05, 4.69) is 39.1 Å². The van der Waals surface area contributed by atoms with Crippen molar-refractivity contribution in [1.82, 2.24) is 20.1 Å². The second-order valence-corrected chi connectivity index (χ2v) is 6.49. The molecule has 0 bridgehead atoms. The first-order valence-corrected chi connectivity index (χ1v) is 8.62. The second-order valence-electron chi connectivity index (χ2n) is 6.49. The smallest absolute Gasteiger partial charge is 0.270 e. The number of nitrogens with one attached hydrogen (secondary N) is 1. The first-order valence-electron chi connectivity index (χ1n) is 8.62. The zero-order chi connectivity index (χ0) is 17.2. The molecule has 0 aliphatic carbocycles. The van der Waals surface area contributed by atoms with Crippen LogP contribution in [0.5, 0.6) is 0 Å². The molecule has 6 heteroatoms. The Balaban J connectivity index is 1.50. The molecule has 0 unspecified atom stereocenters. The predicted octanol–water partition coefficient (Wildman–Crippen LogP) is 2.62. The van der Waals surface area contributed by atoms with Crippen LogP contribution < -0.4 is 4.90 Å². The highest BCUT2D eigenvalue weighted by Gasteiger charge is 2.22. The average Bonchev–Trinajstić information content (AvgIpc) is 2.89. The third-order valence-corrected chi connectivity index (χ3v) is 4.67. The van der Waals surface area contributed by atoms with Gasteiger partial charge >= 0.3 is 0 Å². The summed E-state index contributed by atoms with van der Waals surface area (Å²) in [4.78, 5) is 20.3. The summed E-state index contributed by atoms with van der Waals surface area (Å²) < 4.78 is 0. The van der Waals surface area contributed by atoms with Gasteiger partial charge in [-0.2, -0.15) is 5.10 Å². The summed E-state index contributed by atoms with van der Waals surface area (Å²) in [5.41, 5.74) is 2.86. The first-order chi connectivity index (χ1) is 12.2. The molecule has 0 spiro atoms. The number of nitrogens with zero attached hydrogens (tertiary/aromatic N) is 4. The van der Waals surface area contributed by atoms with Gasteiger partial charge in [-0.3, -0.25) is 4.79 Å². The lowest BCUT2D eigenvalue weighted by atomic mass is 10.2. The van der Waals surface area contributed by atoms with E-state index in [0.717, 1.165) is 42.8 Å². The number of aromatic amines is 1. The molecule has 0 atom stereocenters. The van der Waals surface area contributed by atoms with Gasteiger partial charge in [-0.15, -0.1) is 5.10 Å². The molecule has 1 N–H and O–H groups in total. The molecular formula is C19H21N5O. The molecule has 6 nitrogen and oxygen atoms in total. The van der Waals surface area contributed by atoms with E-state index < -0.39 is 0 Å². The van der Waals surface area contributed by atoms with Gasteiger partial charge in [-0.1, -0.05) is 11.6 Å². The maximum absolute atomic E-state index is 12.9. The normalized spacial score (nSPS) is 15.4. The highest BCUT2D eigenvalue weighted by atomic mass is 16.2. The van der Waals surface area contributed by atoms with Gasteiger partial charge in [0.15, 0.2) is 5.82 Å². The van der Waals surface area contributed by atoms with Crippen LogP contribution in [0, 0.1) is 6.92 Å². The maximum Gasteiger partial charge on any atom is 0.270 e. The number of aromatic nitrogens is 3. The molecule has 4 rings (SSSR count). The summed E-state index contributed by atoms with van der Waals surface area (Å²) in [6, 6.07) is 12.0. The molecule has 1 aliphatic heterocycles. The summed E-state index contributed by atoms with van der Waals surface area (Å²) in [7, 11) is 0. The Hall–Kier alpha value is -2.89. The van der Waals surface area contributed by atoms with E-state index in [0.29, 0.717) is 12.2 Å². The van der Waals surface area contributed by atoms with E-state index in [1.165, 1.54) is 5.56 Å². The van der Waals surface area contributed by atoms with E-state index in [1.54, 1.807) is 6.20 Å². The van der Waals surface area contributed by atoms with E-state index in [1.807, 2.05) is 29.2 Å². The maximum atomic E-state index is 12.9. The number of benzene rings is 1. The Morgan fingerprint density at radius 3 is 2.88 bits per heavy atom. The Morgan fingerprint density at radius 1 is 1.12 bits per heavy atom. The number of aryl methyl sites for hydroxylation is 1. The molecule has 2 aromatic heterocycles. The van der Waals surface area contributed by atoms with Crippen molar-refractivity contribution < 1.29 is 4.79 Å². The van der Waals surface area contributed by atoms with Gasteiger partial charge in [0.2, 0.25) is 0 Å². The minimum atomic E-state index is 0.0647. The number of amides is 1.